The van der Waals surface area contributed by atoms with Crippen molar-refractivity contribution in [2.45, 2.75) is 18.9 Å². The number of pyridine rings is 1. The fourth-order valence-corrected chi connectivity index (χ4v) is 1.52. The average molecular weight is 202 g/mol. The average Bonchev–Trinajstić information content (AvgIpc) is 3.01. The minimum absolute atomic E-state index is 0.357. The largest absolute Gasteiger partial charge is 0.367 e. The van der Waals surface area contributed by atoms with Gasteiger partial charge in [0.2, 0.25) is 0 Å². The maximum absolute atomic E-state index is 11.3. The fraction of sp³-hybridized carbons (Fsp3) is 0.300. The third kappa shape index (κ3) is 1.56. The van der Waals surface area contributed by atoms with E-state index >= 15 is 0 Å². The van der Waals surface area contributed by atoms with Gasteiger partial charge in [0.15, 0.2) is 0 Å². The van der Waals surface area contributed by atoms with Gasteiger partial charge in [0.25, 0.3) is 0 Å². The third-order valence-corrected chi connectivity index (χ3v) is 2.42. The lowest BCUT2D eigenvalue weighted by atomic mass is 10.3. The number of hydrogen-bond donors (Lipinski definition) is 2. The first-order chi connectivity index (χ1) is 7.33. The minimum Gasteiger partial charge on any atom is -0.367 e. The second kappa shape index (κ2) is 3.05. The van der Waals surface area contributed by atoms with Gasteiger partial charge in [0.05, 0.1) is 5.39 Å². The Balaban J connectivity index is 2.20. The van der Waals surface area contributed by atoms with Crippen LogP contribution in [0.1, 0.15) is 12.8 Å². The maximum atomic E-state index is 11.3. The predicted octanol–water partition coefficient (Wildman–Crippen LogP) is 0.892. The van der Waals surface area contributed by atoms with E-state index in [1.807, 2.05) is 12.1 Å². The second-order valence-corrected chi connectivity index (χ2v) is 3.71. The summed E-state index contributed by atoms with van der Waals surface area (Å²) in [5, 5.41) is 4.09. The fourth-order valence-electron chi connectivity index (χ4n) is 1.52. The Labute approximate surface area is 85.6 Å². The van der Waals surface area contributed by atoms with E-state index in [9.17, 15) is 4.79 Å². The number of aromatic nitrogens is 3. The first-order valence-electron chi connectivity index (χ1n) is 4.94. The molecule has 2 heterocycles. The highest BCUT2D eigenvalue weighted by Gasteiger charge is 2.22. The molecule has 1 saturated carbocycles. The molecule has 76 valence electrons. The molecule has 2 aromatic rings. The van der Waals surface area contributed by atoms with Gasteiger partial charge in [0.1, 0.15) is 11.5 Å². The summed E-state index contributed by atoms with van der Waals surface area (Å²) in [5.74, 6) is 0.643. The maximum Gasteiger partial charge on any atom is 0.348 e. The topological polar surface area (TPSA) is 70.7 Å². The van der Waals surface area contributed by atoms with E-state index in [1.54, 1.807) is 6.20 Å². The van der Waals surface area contributed by atoms with E-state index in [1.165, 1.54) is 0 Å². The molecule has 0 aromatic carbocycles. The van der Waals surface area contributed by atoms with E-state index in [2.05, 4.69) is 20.3 Å². The Morgan fingerprint density at radius 3 is 3.13 bits per heavy atom. The Morgan fingerprint density at radius 1 is 1.47 bits per heavy atom. The summed E-state index contributed by atoms with van der Waals surface area (Å²) in [6, 6.07) is 4.21. The zero-order chi connectivity index (χ0) is 10.3. The Bertz CT molecular complexity index is 559. The molecule has 2 aromatic heterocycles. The number of aromatic amines is 1. The lowest BCUT2D eigenvalue weighted by molar-refractivity contribution is 1.05. The summed E-state index contributed by atoms with van der Waals surface area (Å²) >= 11 is 0. The van der Waals surface area contributed by atoms with E-state index in [0.717, 1.165) is 18.2 Å². The van der Waals surface area contributed by atoms with Crippen LogP contribution in [0.25, 0.3) is 11.0 Å². The van der Waals surface area contributed by atoms with Crippen molar-refractivity contribution >= 4 is 16.9 Å². The van der Waals surface area contributed by atoms with Crippen molar-refractivity contribution < 1.29 is 0 Å². The molecule has 0 unspecified atom stereocenters. The summed E-state index contributed by atoms with van der Waals surface area (Å²) in [7, 11) is 0. The summed E-state index contributed by atoms with van der Waals surface area (Å²) in [5.41, 5.74) is 0.227. The van der Waals surface area contributed by atoms with E-state index in [-0.39, 0.29) is 5.69 Å². The van der Waals surface area contributed by atoms with Crippen molar-refractivity contribution in [3.8, 4) is 0 Å². The van der Waals surface area contributed by atoms with Gasteiger partial charge in [-0.25, -0.2) is 9.78 Å². The summed E-state index contributed by atoms with van der Waals surface area (Å²) < 4.78 is 0. The molecular formula is C10H10N4O. The molecule has 3 rings (SSSR count). The van der Waals surface area contributed by atoms with E-state index in [0.29, 0.717) is 17.5 Å². The van der Waals surface area contributed by atoms with Crippen LogP contribution >= 0.6 is 0 Å². The zero-order valence-corrected chi connectivity index (χ0v) is 8.03. The molecule has 0 atom stereocenters. The first-order valence-corrected chi connectivity index (χ1v) is 4.94. The molecule has 1 aliphatic rings. The molecule has 0 bridgehead atoms. The molecule has 0 radical (unpaired) electrons. The zero-order valence-electron chi connectivity index (χ0n) is 8.03. The van der Waals surface area contributed by atoms with E-state index in [4.69, 9.17) is 0 Å². The third-order valence-electron chi connectivity index (χ3n) is 2.42. The molecule has 5 heteroatoms. The number of H-pyrrole nitrogens is 1. The van der Waals surface area contributed by atoms with Gasteiger partial charge in [0, 0.05) is 12.2 Å². The first kappa shape index (κ1) is 8.40. The van der Waals surface area contributed by atoms with E-state index < -0.39 is 0 Å². The SMILES string of the molecule is O=c1nc(NC2CC2)c2cccnc2[nH]1. The molecular weight excluding hydrogens is 192 g/mol. The molecule has 0 saturated heterocycles. The minimum atomic E-state index is -0.357. The molecule has 0 aliphatic heterocycles. The number of anilines is 1. The summed E-state index contributed by atoms with van der Waals surface area (Å²) in [4.78, 5) is 21.9. The van der Waals surface area contributed by atoms with Gasteiger partial charge in [-0.15, -0.1) is 0 Å². The van der Waals surface area contributed by atoms with Crippen molar-refractivity contribution in [3.05, 3.63) is 28.8 Å². The van der Waals surface area contributed by atoms with Gasteiger partial charge < -0.3 is 5.32 Å². The number of rotatable bonds is 2. The summed E-state index contributed by atoms with van der Waals surface area (Å²) in [6.07, 6.45) is 3.95. The molecule has 1 aliphatic carbocycles. The smallest absolute Gasteiger partial charge is 0.348 e. The van der Waals surface area contributed by atoms with Crippen LogP contribution in [-0.2, 0) is 0 Å². The van der Waals surface area contributed by atoms with Gasteiger partial charge in [-0.2, -0.15) is 4.98 Å². The highest BCUT2D eigenvalue weighted by molar-refractivity contribution is 5.86. The second-order valence-electron chi connectivity index (χ2n) is 3.71. The lowest BCUT2D eigenvalue weighted by Gasteiger charge is -2.05. The Morgan fingerprint density at radius 2 is 2.33 bits per heavy atom. The van der Waals surface area contributed by atoms with Crippen LogP contribution in [0.5, 0.6) is 0 Å². The van der Waals surface area contributed by atoms with Gasteiger partial charge in [-0.3, -0.25) is 4.98 Å². The van der Waals surface area contributed by atoms with Crippen molar-refractivity contribution in [2.75, 3.05) is 5.32 Å². The van der Waals surface area contributed by atoms with Crippen LogP contribution in [0.4, 0.5) is 5.82 Å². The van der Waals surface area contributed by atoms with Gasteiger partial charge in [-0.05, 0) is 25.0 Å². The number of nitrogens with one attached hydrogen (secondary N) is 2. The molecule has 0 amide bonds. The van der Waals surface area contributed by atoms with Gasteiger partial charge in [-0.1, -0.05) is 0 Å². The van der Waals surface area contributed by atoms with Crippen molar-refractivity contribution in [2.24, 2.45) is 0 Å². The highest BCUT2D eigenvalue weighted by atomic mass is 16.1. The van der Waals surface area contributed by atoms with Crippen LogP contribution in [0, 0.1) is 0 Å². The van der Waals surface area contributed by atoms with Gasteiger partial charge >= 0.3 is 5.69 Å². The molecule has 15 heavy (non-hydrogen) atoms. The van der Waals surface area contributed by atoms with Crippen LogP contribution in [0.2, 0.25) is 0 Å². The standard InChI is InChI=1S/C10H10N4O/c15-10-13-8-7(2-1-5-11-8)9(14-10)12-6-3-4-6/h1-2,5-6H,3-4H2,(H2,11,12,13,14,15). The normalized spacial score (nSPS) is 15.5. The Hall–Kier alpha value is -1.91. The van der Waals surface area contributed by atoms with Crippen LogP contribution in [-0.4, -0.2) is 21.0 Å². The molecule has 2 N–H and O–H groups in total. The highest BCUT2D eigenvalue weighted by Crippen LogP contribution is 2.25. The number of nitrogens with zero attached hydrogens (tertiary/aromatic N) is 2. The lowest BCUT2D eigenvalue weighted by Crippen LogP contribution is -2.15. The molecule has 0 spiro atoms. The Kier molecular flexibility index (Phi) is 1.71. The quantitative estimate of drug-likeness (QED) is 0.758. The van der Waals surface area contributed by atoms with Crippen LogP contribution in [0.15, 0.2) is 23.1 Å². The number of hydrogen-bond acceptors (Lipinski definition) is 4. The van der Waals surface area contributed by atoms with Crippen molar-refractivity contribution in [3.63, 3.8) is 0 Å². The van der Waals surface area contributed by atoms with Crippen molar-refractivity contribution in [1.29, 1.82) is 0 Å². The molecule has 1 fully saturated rings. The number of fused-ring (bicyclic) bond motifs is 1. The van der Waals surface area contributed by atoms with Crippen molar-refractivity contribution in [1.82, 2.24) is 15.0 Å². The molecule has 5 nitrogen and oxygen atoms in total. The van der Waals surface area contributed by atoms with Crippen LogP contribution in [0.3, 0.4) is 0 Å². The predicted molar refractivity (Wildman–Crippen MR) is 56.8 cm³/mol. The monoisotopic (exact) mass is 202 g/mol. The summed E-state index contributed by atoms with van der Waals surface area (Å²) in [6.45, 7) is 0. The van der Waals surface area contributed by atoms with Crippen LogP contribution < -0.4 is 11.0 Å².